The van der Waals surface area contributed by atoms with Crippen LogP contribution in [-0.2, 0) is 0 Å². The molecule has 0 bridgehead atoms. The number of aromatic nitrogens is 2. The van der Waals surface area contributed by atoms with Gasteiger partial charge in [0, 0.05) is 33.3 Å². The largest absolute Gasteiger partial charge is 0.361 e. The molecule has 0 spiro atoms. The first-order valence-electron chi connectivity index (χ1n) is 7.09. The van der Waals surface area contributed by atoms with E-state index in [-0.39, 0.29) is 0 Å². The van der Waals surface area contributed by atoms with Gasteiger partial charge in [-0.1, -0.05) is 42.5 Å². The average Bonchev–Trinajstić information content (AvgIpc) is 2.94. The molecule has 0 aliphatic heterocycles. The standard InChI is InChI=1S/C19H12N2/c1-2-5-13-12(4-1)7-8-14-15-9-10-17-16(6-3-11-20-17)19(15)21-18(13)14/h1-11,20H. The third-order valence-electron chi connectivity index (χ3n) is 4.23. The number of benzene rings is 3. The van der Waals surface area contributed by atoms with Crippen molar-refractivity contribution in [1.82, 2.24) is 9.97 Å². The lowest BCUT2D eigenvalue weighted by molar-refractivity contribution is 1.42. The summed E-state index contributed by atoms with van der Waals surface area (Å²) < 4.78 is 0. The number of hydrogen-bond acceptors (Lipinski definition) is 1. The van der Waals surface area contributed by atoms with Gasteiger partial charge in [0.15, 0.2) is 0 Å². The molecule has 2 aromatic heterocycles. The summed E-state index contributed by atoms with van der Waals surface area (Å²) in [6.07, 6.45) is 1.95. The predicted molar refractivity (Wildman–Crippen MR) is 88.6 cm³/mol. The molecule has 1 N–H and O–H groups in total. The van der Waals surface area contributed by atoms with Gasteiger partial charge in [0.2, 0.25) is 0 Å². The molecule has 0 amide bonds. The van der Waals surface area contributed by atoms with Gasteiger partial charge in [0.1, 0.15) is 0 Å². The predicted octanol–water partition coefficient (Wildman–Crippen LogP) is 5.02. The number of H-pyrrole nitrogens is 1. The first-order chi connectivity index (χ1) is 10.4. The van der Waals surface area contributed by atoms with E-state index in [1.807, 2.05) is 12.3 Å². The van der Waals surface area contributed by atoms with E-state index in [0.29, 0.717) is 0 Å². The summed E-state index contributed by atoms with van der Waals surface area (Å²) in [5.74, 6) is 0. The number of rotatable bonds is 0. The molecule has 98 valence electrons. The molecule has 5 aromatic rings. The van der Waals surface area contributed by atoms with Crippen molar-refractivity contribution in [2.75, 3.05) is 0 Å². The summed E-state index contributed by atoms with van der Waals surface area (Å²) >= 11 is 0. The van der Waals surface area contributed by atoms with Crippen molar-refractivity contribution in [2.45, 2.75) is 0 Å². The van der Waals surface area contributed by atoms with E-state index in [1.54, 1.807) is 0 Å². The Balaban J connectivity index is 2.09. The maximum atomic E-state index is 4.95. The number of fused-ring (bicyclic) bond motifs is 7. The van der Waals surface area contributed by atoms with Crippen LogP contribution < -0.4 is 0 Å². The first kappa shape index (κ1) is 10.9. The van der Waals surface area contributed by atoms with Crippen molar-refractivity contribution in [1.29, 1.82) is 0 Å². The van der Waals surface area contributed by atoms with Gasteiger partial charge in [0.05, 0.1) is 11.0 Å². The number of aromatic amines is 1. The van der Waals surface area contributed by atoms with Gasteiger partial charge in [-0.3, -0.25) is 0 Å². The highest BCUT2D eigenvalue weighted by Crippen LogP contribution is 2.34. The van der Waals surface area contributed by atoms with E-state index in [1.165, 1.54) is 26.9 Å². The summed E-state index contributed by atoms with van der Waals surface area (Å²) in [7, 11) is 0. The monoisotopic (exact) mass is 268 g/mol. The summed E-state index contributed by atoms with van der Waals surface area (Å²) in [5.41, 5.74) is 3.30. The zero-order valence-corrected chi connectivity index (χ0v) is 11.3. The molecule has 0 atom stereocenters. The molecule has 0 radical (unpaired) electrons. The van der Waals surface area contributed by atoms with Gasteiger partial charge in [-0.15, -0.1) is 0 Å². The SMILES string of the molecule is c1ccc2c(c1)ccc1c3ccc4[nH]cccc4c3nc21. The Kier molecular flexibility index (Phi) is 1.98. The molecule has 2 heteroatoms. The molecule has 0 fully saturated rings. The summed E-state index contributed by atoms with van der Waals surface area (Å²) in [6, 6.07) is 21.3. The lowest BCUT2D eigenvalue weighted by atomic mass is 10.1. The molecule has 2 nitrogen and oxygen atoms in total. The Morgan fingerprint density at radius 1 is 0.619 bits per heavy atom. The minimum Gasteiger partial charge on any atom is -0.361 e. The molecule has 0 saturated heterocycles. The van der Waals surface area contributed by atoms with E-state index in [0.717, 1.165) is 16.6 Å². The fourth-order valence-corrected chi connectivity index (χ4v) is 3.23. The molecule has 0 aliphatic rings. The zero-order valence-electron chi connectivity index (χ0n) is 11.3. The Bertz CT molecular complexity index is 1050. The highest BCUT2D eigenvalue weighted by atomic mass is 14.7. The van der Waals surface area contributed by atoms with Gasteiger partial charge < -0.3 is 4.98 Å². The van der Waals surface area contributed by atoms with E-state index in [9.17, 15) is 0 Å². The van der Waals surface area contributed by atoms with E-state index >= 15 is 0 Å². The minimum atomic E-state index is 1.08. The maximum absolute atomic E-state index is 4.95. The Morgan fingerprint density at radius 2 is 1.38 bits per heavy atom. The number of pyridine rings is 1. The van der Waals surface area contributed by atoms with Crippen LogP contribution in [0.25, 0.3) is 43.5 Å². The number of nitrogens with zero attached hydrogens (tertiary/aromatic N) is 1. The van der Waals surface area contributed by atoms with Crippen LogP contribution in [0.15, 0.2) is 66.9 Å². The fourth-order valence-electron chi connectivity index (χ4n) is 3.23. The second-order valence-electron chi connectivity index (χ2n) is 5.39. The fraction of sp³-hybridized carbons (Fsp3) is 0. The van der Waals surface area contributed by atoms with Crippen LogP contribution in [0.3, 0.4) is 0 Å². The molecule has 5 rings (SSSR count). The molecular weight excluding hydrogens is 256 g/mol. The molecule has 0 aliphatic carbocycles. The van der Waals surface area contributed by atoms with Crippen LogP contribution in [0.5, 0.6) is 0 Å². The molecule has 3 aromatic carbocycles. The normalized spacial score (nSPS) is 11.8. The first-order valence-corrected chi connectivity index (χ1v) is 7.09. The lowest BCUT2D eigenvalue weighted by Gasteiger charge is -1.99. The number of hydrogen-bond donors (Lipinski definition) is 1. The summed E-state index contributed by atoms with van der Waals surface area (Å²) in [4.78, 5) is 8.24. The van der Waals surface area contributed by atoms with Crippen molar-refractivity contribution >= 4 is 43.5 Å². The van der Waals surface area contributed by atoms with Gasteiger partial charge in [-0.25, -0.2) is 4.98 Å². The van der Waals surface area contributed by atoms with Gasteiger partial charge in [-0.05, 0) is 23.6 Å². The Hall–Kier alpha value is -2.87. The molecule has 21 heavy (non-hydrogen) atoms. The van der Waals surface area contributed by atoms with Crippen molar-refractivity contribution in [3.05, 3.63) is 66.9 Å². The Morgan fingerprint density at radius 3 is 2.33 bits per heavy atom. The van der Waals surface area contributed by atoms with E-state index in [4.69, 9.17) is 4.98 Å². The van der Waals surface area contributed by atoms with Gasteiger partial charge >= 0.3 is 0 Å². The van der Waals surface area contributed by atoms with Crippen molar-refractivity contribution in [3.8, 4) is 0 Å². The Labute approximate surface area is 121 Å². The van der Waals surface area contributed by atoms with Crippen LogP contribution in [-0.4, -0.2) is 9.97 Å². The quantitative estimate of drug-likeness (QED) is 0.419. The summed E-state index contributed by atoms with van der Waals surface area (Å²) in [6.45, 7) is 0. The van der Waals surface area contributed by atoms with E-state index < -0.39 is 0 Å². The average molecular weight is 268 g/mol. The number of nitrogens with one attached hydrogen (secondary N) is 1. The second-order valence-corrected chi connectivity index (χ2v) is 5.39. The highest BCUT2D eigenvalue weighted by molar-refractivity contribution is 6.21. The third-order valence-corrected chi connectivity index (χ3v) is 4.23. The second kappa shape index (κ2) is 3.83. The maximum Gasteiger partial charge on any atom is 0.0809 e. The molecular formula is C19H12N2. The van der Waals surface area contributed by atoms with Crippen LogP contribution in [0.2, 0.25) is 0 Å². The topological polar surface area (TPSA) is 28.7 Å². The molecule has 0 saturated carbocycles. The van der Waals surface area contributed by atoms with E-state index in [2.05, 4.69) is 59.6 Å². The van der Waals surface area contributed by atoms with Crippen molar-refractivity contribution < 1.29 is 0 Å². The van der Waals surface area contributed by atoms with Gasteiger partial charge in [-0.2, -0.15) is 0 Å². The van der Waals surface area contributed by atoms with Crippen LogP contribution >= 0.6 is 0 Å². The zero-order chi connectivity index (χ0) is 13.8. The third kappa shape index (κ3) is 1.39. The highest BCUT2D eigenvalue weighted by Gasteiger charge is 2.10. The summed E-state index contributed by atoms with van der Waals surface area (Å²) in [5, 5.41) is 6.09. The van der Waals surface area contributed by atoms with Gasteiger partial charge in [0.25, 0.3) is 0 Å². The van der Waals surface area contributed by atoms with Crippen molar-refractivity contribution in [3.63, 3.8) is 0 Å². The van der Waals surface area contributed by atoms with Crippen molar-refractivity contribution in [2.24, 2.45) is 0 Å². The smallest absolute Gasteiger partial charge is 0.0809 e. The lowest BCUT2D eigenvalue weighted by Crippen LogP contribution is -1.78. The van der Waals surface area contributed by atoms with Crippen LogP contribution in [0.1, 0.15) is 0 Å². The molecule has 2 heterocycles. The van der Waals surface area contributed by atoms with Crippen LogP contribution in [0, 0.1) is 0 Å². The minimum absolute atomic E-state index is 1.08. The molecule has 0 unspecified atom stereocenters. The van der Waals surface area contributed by atoms with Crippen LogP contribution in [0.4, 0.5) is 0 Å².